The van der Waals surface area contributed by atoms with Crippen molar-refractivity contribution in [3.05, 3.63) is 30.1 Å². The maximum absolute atomic E-state index is 7.22. The van der Waals surface area contributed by atoms with Gasteiger partial charge in [0.1, 0.15) is 0 Å². The highest BCUT2D eigenvalue weighted by Crippen LogP contribution is 2.17. The van der Waals surface area contributed by atoms with Crippen LogP contribution in [0.15, 0.2) is 29.3 Å². The topological polar surface area (TPSA) is 80.1 Å². The number of fused-ring (bicyclic) bond motifs is 1. The molecule has 0 radical (unpaired) electrons. The summed E-state index contributed by atoms with van der Waals surface area (Å²) in [5.74, 6) is 0.552. The van der Waals surface area contributed by atoms with Gasteiger partial charge in [-0.05, 0) is 19.1 Å². The molecule has 1 aromatic heterocycles. The van der Waals surface area contributed by atoms with Gasteiger partial charge < -0.3 is 10.3 Å². The van der Waals surface area contributed by atoms with Crippen LogP contribution in [0.25, 0.3) is 11.0 Å². The van der Waals surface area contributed by atoms with Crippen LogP contribution in [0.3, 0.4) is 0 Å². The van der Waals surface area contributed by atoms with E-state index in [2.05, 4.69) is 30.5 Å². The largest absolute Gasteiger partial charge is 0.368 e. The summed E-state index contributed by atoms with van der Waals surface area (Å²) < 4.78 is 2.08. The number of nitrogens with one attached hydrogen (secondary N) is 1. The van der Waals surface area contributed by atoms with Crippen molar-refractivity contribution in [3.63, 3.8) is 0 Å². The minimum absolute atomic E-state index is 0.204. The molecule has 94 valence electrons. The van der Waals surface area contributed by atoms with Crippen molar-refractivity contribution in [2.24, 2.45) is 10.7 Å². The molecule has 0 bridgehead atoms. The van der Waals surface area contributed by atoms with Gasteiger partial charge in [-0.3, -0.25) is 5.41 Å². The summed E-state index contributed by atoms with van der Waals surface area (Å²) in [6, 6.07) is 7.92. The van der Waals surface area contributed by atoms with Gasteiger partial charge in [-0.2, -0.15) is 0 Å². The Bertz CT molecular complexity index is 614. The Hall–Kier alpha value is -1.69. The molecule has 0 aliphatic rings. The quantitative estimate of drug-likeness (QED) is 0.517. The van der Waals surface area contributed by atoms with Crippen LogP contribution >= 0.6 is 15.9 Å². The number of halogens is 1. The molecule has 0 saturated heterocycles. The van der Waals surface area contributed by atoms with Crippen LogP contribution in [0.4, 0.5) is 0 Å². The zero-order valence-electron chi connectivity index (χ0n) is 10.0. The number of para-hydroxylation sites is 2. The zero-order chi connectivity index (χ0) is 13.1. The van der Waals surface area contributed by atoms with E-state index < -0.39 is 0 Å². The molecule has 18 heavy (non-hydrogen) atoms. The van der Waals surface area contributed by atoms with Crippen molar-refractivity contribution in [1.82, 2.24) is 9.55 Å². The van der Waals surface area contributed by atoms with Crippen LogP contribution in [-0.2, 0) is 6.54 Å². The second-order valence-electron chi connectivity index (χ2n) is 3.85. The molecule has 0 atom stereocenters. The van der Waals surface area contributed by atoms with Crippen molar-refractivity contribution >= 4 is 38.6 Å². The third-order valence-corrected chi connectivity index (χ3v) is 2.93. The molecule has 2 rings (SSSR count). The second-order valence-corrected chi connectivity index (χ2v) is 4.64. The number of alkyl halides is 1. The number of rotatable bonds is 3. The number of hydrogen-bond acceptors (Lipinski definition) is 2. The van der Waals surface area contributed by atoms with Gasteiger partial charge in [0.15, 0.2) is 5.82 Å². The van der Waals surface area contributed by atoms with E-state index in [-0.39, 0.29) is 5.96 Å². The van der Waals surface area contributed by atoms with Crippen molar-refractivity contribution in [3.8, 4) is 0 Å². The van der Waals surface area contributed by atoms with E-state index in [1.807, 2.05) is 31.2 Å². The van der Waals surface area contributed by atoms with Crippen LogP contribution in [0.1, 0.15) is 12.7 Å². The lowest BCUT2D eigenvalue weighted by molar-refractivity contribution is 0.790. The minimum atomic E-state index is -0.204. The Balaban J connectivity index is 2.62. The number of nitrogens with two attached hydrogens (primary N) is 1. The first-order chi connectivity index (χ1) is 8.63. The highest BCUT2D eigenvalue weighted by molar-refractivity contribution is 9.09. The predicted molar refractivity (Wildman–Crippen MR) is 77.7 cm³/mol. The number of aromatic nitrogens is 2. The molecule has 1 heterocycles. The van der Waals surface area contributed by atoms with Gasteiger partial charge in [0.25, 0.3) is 0 Å². The fourth-order valence-corrected chi connectivity index (χ4v) is 2.25. The lowest BCUT2D eigenvalue weighted by atomic mass is 10.3. The van der Waals surface area contributed by atoms with Crippen LogP contribution in [0, 0.1) is 5.41 Å². The summed E-state index contributed by atoms with van der Waals surface area (Å²) in [7, 11) is 0. The maximum atomic E-state index is 7.22. The fourth-order valence-electron chi connectivity index (χ4n) is 1.89. The number of nitrogens with zero attached hydrogens (tertiary/aromatic N) is 3. The van der Waals surface area contributed by atoms with Crippen LogP contribution in [0.5, 0.6) is 0 Å². The fraction of sp³-hybridized carbons (Fsp3) is 0.250. The first-order valence-corrected chi connectivity index (χ1v) is 6.66. The third-order valence-electron chi connectivity index (χ3n) is 2.57. The summed E-state index contributed by atoms with van der Waals surface area (Å²) in [6.45, 7) is 2.61. The molecule has 0 spiro atoms. The van der Waals surface area contributed by atoms with Gasteiger partial charge in [-0.25, -0.2) is 9.98 Å². The normalized spacial score (nSPS) is 12.0. The summed E-state index contributed by atoms with van der Waals surface area (Å²) >= 11 is 3.44. The van der Waals surface area contributed by atoms with E-state index in [0.717, 1.165) is 28.7 Å². The second kappa shape index (κ2) is 5.30. The Morgan fingerprint density at radius 1 is 1.50 bits per heavy atom. The van der Waals surface area contributed by atoms with Gasteiger partial charge in [0.2, 0.25) is 5.96 Å². The molecule has 0 saturated carbocycles. The molecule has 0 fully saturated rings. The summed E-state index contributed by atoms with van der Waals surface area (Å²) in [5.41, 5.74) is 7.93. The van der Waals surface area contributed by atoms with E-state index in [1.165, 1.54) is 0 Å². The van der Waals surface area contributed by atoms with Gasteiger partial charge >= 0.3 is 0 Å². The van der Waals surface area contributed by atoms with E-state index >= 15 is 0 Å². The van der Waals surface area contributed by atoms with E-state index in [1.54, 1.807) is 0 Å². The van der Waals surface area contributed by atoms with E-state index in [9.17, 15) is 0 Å². The van der Waals surface area contributed by atoms with Crippen molar-refractivity contribution in [2.45, 2.75) is 13.5 Å². The van der Waals surface area contributed by atoms with E-state index in [4.69, 9.17) is 11.1 Å². The Morgan fingerprint density at radius 3 is 2.89 bits per heavy atom. The number of aliphatic imine (C=N–C) groups is 1. The molecule has 0 unspecified atom stereocenters. The highest BCUT2D eigenvalue weighted by atomic mass is 79.9. The molecule has 1 aromatic carbocycles. The summed E-state index contributed by atoms with van der Waals surface area (Å²) in [4.78, 5) is 8.51. The molecule has 2 aromatic rings. The monoisotopic (exact) mass is 307 g/mol. The SMILES string of the molecule is C/C(=N\C(=N)N)c1nc2ccccc2n1CCBr. The number of benzene rings is 1. The molecular weight excluding hydrogens is 294 g/mol. The average Bonchev–Trinajstić information content (AvgIpc) is 2.68. The van der Waals surface area contributed by atoms with Crippen molar-refractivity contribution in [1.29, 1.82) is 5.41 Å². The zero-order valence-corrected chi connectivity index (χ0v) is 11.6. The Kier molecular flexibility index (Phi) is 3.76. The standard InChI is InChI=1S/C12H14BrN5/c1-8(16-12(14)15)11-17-9-4-2-3-5-10(9)18(11)7-6-13/h2-5H,6-7H2,1H3,(H3,14,15)/b16-8+. The Labute approximate surface area is 113 Å². The van der Waals surface area contributed by atoms with Crippen LogP contribution < -0.4 is 5.73 Å². The molecule has 0 amide bonds. The highest BCUT2D eigenvalue weighted by Gasteiger charge is 2.12. The lowest BCUT2D eigenvalue weighted by Crippen LogP contribution is -2.14. The van der Waals surface area contributed by atoms with Gasteiger partial charge in [0, 0.05) is 11.9 Å². The number of imidazole rings is 1. The number of aryl methyl sites for hydroxylation is 1. The maximum Gasteiger partial charge on any atom is 0.212 e. The van der Waals surface area contributed by atoms with Crippen LogP contribution in [0.2, 0.25) is 0 Å². The van der Waals surface area contributed by atoms with E-state index in [0.29, 0.717) is 5.71 Å². The molecule has 5 nitrogen and oxygen atoms in total. The van der Waals surface area contributed by atoms with Gasteiger partial charge in [-0.1, -0.05) is 28.1 Å². The smallest absolute Gasteiger partial charge is 0.212 e. The molecule has 6 heteroatoms. The number of guanidine groups is 1. The molecule has 3 N–H and O–H groups in total. The minimum Gasteiger partial charge on any atom is -0.368 e. The molecule has 0 aliphatic heterocycles. The van der Waals surface area contributed by atoms with Gasteiger partial charge in [0.05, 0.1) is 16.7 Å². The lowest BCUT2D eigenvalue weighted by Gasteiger charge is -2.06. The number of hydrogen-bond donors (Lipinski definition) is 2. The summed E-state index contributed by atoms with van der Waals surface area (Å²) in [6.07, 6.45) is 0. The first-order valence-electron chi connectivity index (χ1n) is 5.54. The molecule has 0 aliphatic carbocycles. The van der Waals surface area contributed by atoms with Crippen LogP contribution in [-0.4, -0.2) is 26.6 Å². The summed E-state index contributed by atoms with van der Waals surface area (Å²) in [5, 5.41) is 8.05. The Morgan fingerprint density at radius 2 is 2.22 bits per heavy atom. The average molecular weight is 308 g/mol. The third kappa shape index (κ3) is 2.43. The van der Waals surface area contributed by atoms with Crippen molar-refractivity contribution in [2.75, 3.05) is 5.33 Å². The van der Waals surface area contributed by atoms with Gasteiger partial charge in [-0.15, -0.1) is 0 Å². The van der Waals surface area contributed by atoms with Crippen molar-refractivity contribution < 1.29 is 0 Å². The first kappa shape index (κ1) is 12.8. The molecular formula is C12H14BrN5. The predicted octanol–water partition coefficient (Wildman–Crippen LogP) is 2.13.